The van der Waals surface area contributed by atoms with Crippen LogP contribution in [0.15, 0.2) is 24.5 Å². The van der Waals surface area contributed by atoms with Crippen LogP contribution < -0.4 is 5.32 Å². The Morgan fingerprint density at radius 2 is 1.88 bits per heavy atom. The standard InChI is InChI=1S/C12H17N3O/c1-9-7-14-8-10(2)15(9)12(16)11-3-5-13-6-4-11/h3-6,9-10,14H,7-8H2,1-2H3. The molecule has 2 unspecified atom stereocenters. The molecule has 2 rings (SSSR count). The number of aromatic nitrogens is 1. The lowest BCUT2D eigenvalue weighted by Gasteiger charge is -2.39. The summed E-state index contributed by atoms with van der Waals surface area (Å²) < 4.78 is 0. The smallest absolute Gasteiger partial charge is 0.254 e. The number of piperazine rings is 1. The van der Waals surface area contributed by atoms with Gasteiger partial charge in [-0.15, -0.1) is 0 Å². The number of hydrogen-bond donors (Lipinski definition) is 1. The molecule has 0 aliphatic carbocycles. The van der Waals surface area contributed by atoms with E-state index in [4.69, 9.17) is 0 Å². The van der Waals surface area contributed by atoms with E-state index in [-0.39, 0.29) is 18.0 Å². The van der Waals surface area contributed by atoms with E-state index in [1.807, 2.05) is 4.90 Å². The summed E-state index contributed by atoms with van der Waals surface area (Å²) in [6.45, 7) is 5.87. The third-order valence-corrected chi connectivity index (χ3v) is 2.99. The zero-order valence-corrected chi connectivity index (χ0v) is 9.68. The summed E-state index contributed by atoms with van der Waals surface area (Å²) in [5.74, 6) is 0.101. The Balaban J connectivity index is 2.20. The molecule has 0 saturated carbocycles. The average molecular weight is 219 g/mol. The second-order valence-electron chi connectivity index (χ2n) is 4.30. The molecule has 0 radical (unpaired) electrons. The lowest BCUT2D eigenvalue weighted by Crippen LogP contribution is -2.57. The molecule has 1 aromatic heterocycles. The molecule has 4 nitrogen and oxygen atoms in total. The third-order valence-electron chi connectivity index (χ3n) is 2.99. The van der Waals surface area contributed by atoms with Gasteiger partial charge in [0.25, 0.3) is 5.91 Å². The number of carbonyl (C=O) groups is 1. The summed E-state index contributed by atoms with van der Waals surface area (Å²) in [4.78, 5) is 18.2. The fourth-order valence-corrected chi connectivity index (χ4v) is 2.18. The first kappa shape index (κ1) is 11.1. The number of hydrogen-bond acceptors (Lipinski definition) is 3. The zero-order chi connectivity index (χ0) is 11.5. The highest BCUT2D eigenvalue weighted by Gasteiger charge is 2.29. The Bertz CT molecular complexity index is 356. The molecule has 2 heterocycles. The van der Waals surface area contributed by atoms with Crippen molar-refractivity contribution in [2.24, 2.45) is 0 Å². The molecule has 1 aliphatic heterocycles. The maximum Gasteiger partial charge on any atom is 0.254 e. The quantitative estimate of drug-likeness (QED) is 0.763. The number of rotatable bonds is 1. The van der Waals surface area contributed by atoms with Gasteiger partial charge in [-0.1, -0.05) is 0 Å². The Kier molecular flexibility index (Phi) is 3.19. The van der Waals surface area contributed by atoms with E-state index in [2.05, 4.69) is 24.1 Å². The van der Waals surface area contributed by atoms with Crippen LogP contribution in [-0.4, -0.2) is 41.0 Å². The van der Waals surface area contributed by atoms with Crippen LogP contribution in [0.1, 0.15) is 24.2 Å². The van der Waals surface area contributed by atoms with Gasteiger partial charge >= 0.3 is 0 Å². The lowest BCUT2D eigenvalue weighted by molar-refractivity contribution is 0.0544. The van der Waals surface area contributed by atoms with E-state index in [1.54, 1.807) is 24.5 Å². The minimum atomic E-state index is 0.101. The molecule has 1 saturated heterocycles. The summed E-state index contributed by atoms with van der Waals surface area (Å²) in [5.41, 5.74) is 0.718. The van der Waals surface area contributed by atoms with Gasteiger partial charge in [-0.25, -0.2) is 0 Å². The van der Waals surface area contributed by atoms with Gasteiger partial charge in [-0.2, -0.15) is 0 Å². The summed E-state index contributed by atoms with van der Waals surface area (Å²) >= 11 is 0. The third kappa shape index (κ3) is 2.07. The maximum absolute atomic E-state index is 12.3. The van der Waals surface area contributed by atoms with Gasteiger partial charge in [-0.05, 0) is 26.0 Å². The van der Waals surface area contributed by atoms with Crippen molar-refractivity contribution in [1.82, 2.24) is 15.2 Å². The SMILES string of the molecule is CC1CNCC(C)N1C(=O)c1ccncc1. The Morgan fingerprint density at radius 3 is 2.44 bits per heavy atom. The van der Waals surface area contributed by atoms with Crippen molar-refractivity contribution >= 4 is 5.91 Å². The largest absolute Gasteiger partial charge is 0.331 e. The van der Waals surface area contributed by atoms with Gasteiger partial charge < -0.3 is 10.2 Å². The molecule has 1 fully saturated rings. The van der Waals surface area contributed by atoms with Crippen molar-refractivity contribution in [3.63, 3.8) is 0 Å². The molecule has 1 aromatic rings. The van der Waals surface area contributed by atoms with E-state index in [1.165, 1.54) is 0 Å². The van der Waals surface area contributed by atoms with Crippen molar-refractivity contribution in [2.75, 3.05) is 13.1 Å². The molecule has 0 aromatic carbocycles. The van der Waals surface area contributed by atoms with Crippen LogP contribution in [0, 0.1) is 0 Å². The number of nitrogens with one attached hydrogen (secondary N) is 1. The highest BCUT2D eigenvalue weighted by atomic mass is 16.2. The predicted molar refractivity (Wildman–Crippen MR) is 62.2 cm³/mol. The number of nitrogens with zero attached hydrogens (tertiary/aromatic N) is 2. The molecule has 1 N–H and O–H groups in total. The monoisotopic (exact) mass is 219 g/mol. The minimum Gasteiger partial charge on any atom is -0.331 e. The fraction of sp³-hybridized carbons (Fsp3) is 0.500. The van der Waals surface area contributed by atoms with Crippen LogP contribution in [-0.2, 0) is 0 Å². The number of carbonyl (C=O) groups excluding carboxylic acids is 1. The Hall–Kier alpha value is -1.42. The Morgan fingerprint density at radius 1 is 1.31 bits per heavy atom. The summed E-state index contributed by atoms with van der Waals surface area (Å²) in [6, 6.07) is 4.02. The van der Waals surface area contributed by atoms with Gasteiger partial charge in [-0.3, -0.25) is 9.78 Å². The van der Waals surface area contributed by atoms with Crippen LogP contribution in [0.25, 0.3) is 0 Å². The summed E-state index contributed by atoms with van der Waals surface area (Å²) in [6.07, 6.45) is 3.32. The normalized spacial score (nSPS) is 25.5. The molecule has 4 heteroatoms. The number of pyridine rings is 1. The summed E-state index contributed by atoms with van der Waals surface area (Å²) in [5, 5.41) is 3.31. The molecule has 0 spiro atoms. The van der Waals surface area contributed by atoms with Crippen LogP contribution in [0.5, 0.6) is 0 Å². The summed E-state index contributed by atoms with van der Waals surface area (Å²) in [7, 11) is 0. The molecule has 16 heavy (non-hydrogen) atoms. The van der Waals surface area contributed by atoms with Crippen molar-refractivity contribution in [1.29, 1.82) is 0 Å². The van der Waals surface area contributed by atoms with Crippen LogP contribution >= 0.6 is 0 Å². The van der Waals surface area contributed by atoms with Crippen LogP contribution in [0.3, 0.4) is 0 Å². The second-order valence-corrected chi connectivity index (χ2v) is 4.30. The highest BCUT2D eigenvalue weighted by Crippen LogP contribution is 2.14. The average Bonchev–Trinajstić information content (AvgIpc) is 2.30. The van der Waals surface area contributed by atoms with Crippen molar-refractivity contribution in [3.05, 3.63) is 30.1 Å². The van der Waals surface area contributed by atoms with E-state index in [0.29, 0.717) is 0 Å². The van der Waals surface area contributed by atoms with E-state index < -0.39 is 0 Å². The van der Waals surface area contributed by atoms with Crippen LogP contribution in [0.2, 0.25) is 0 Å². The van der Waals surface area contributed by atoms with Gasteiger partial charge in [0.2, 0.25) is 0 Å². The highest BCUT2D eigenvalue weighted by molar-refractivity contribution is 5.94. The molecular formula is C12H17N3O. The van der Waals surface area contributed by atoms with Crippen molar-refractivity contribution in [2.45, 2.75) is 25.9 Å². The molecule has 86 valence electrons. The van der Waals surface area contributed by atoms with Gasteiger partial charge in [0, 0.05) is 43.1 Å². The molecule has 2 atom stereocenters. The number of amides is 1. The second kappa shape index (κ2) is 4.61. The fourth-order valence-electron chi connectivity index (χ4n) is 2.18. The zero-order valence-electron chi connectivity index (χ0n) is 9.68. The van der Waals surface area contributed by atoms with Gasteiger partial charge in [0.15, 0.2) is 0 Å². The first-order valence-corrected chi connectivity index (χ1v) is 5.63. The van der Waals surface area contributed by atoms with Crippen molar-refractivity contribution in [3.8, 4) is 0 Å². The maximum atomic E-state index is 12.3. The Labute approximate surface area is 95.7 Å². The molecule has 1 aliphatic rings. The molecular weight excluding hydrogens is 202 g/mol. The topological polar surface area (TPSA) is 45.2 Å². The van der Waals surface area contributed by atoms with Gasteiger partial charge in [0.1, 0.15) is 0 Å². The van der Waals surface area contributed by atoms with E-state index in [0.717, 1.165) is 18.7 Å². The van der Waals surface area contributed by atoms with Crippen LogP contribution in [0.4, 0.5) is 0 Å². The first-order valence-electron chi connectivity index (χ1n) is 5.63. The van der Waals surface area contributed by atoms with E-state index in [9.17, 15) is 4.79 Å². The first-order chi connectivity index (χ1) is 7.70. The molecule has 0 bridgehead atoms. The van der Waals surface area contributed by atoms with E-state index >= 15 is 0 Å². The molecule has 1 amide bonds. The van der Waals surface area contributed by atoms with Gasteiger partial charge in [0.05, 0.1) is 0 Å². The predicted octanol–water partition coefficient (Wildman–Crippen LogP) is 0.904. The lowest BCUT2D eigenvalue weighted by atomic mass is 10.1. The minimum absolute atomic E-state index is 0.101. The van der Waals surface area contributed by atoms with Crippen molar-refractivity contribution < 1.29 is 4.79 Å².